The van der Waals surface area contributed by atoms with E-state index in [0.29, 0.717) is 12.5 Å². The number of aromatic carboxylic acids is 1. The number of carboxylic acid groups (broad SMARTS) is 1. The van der Waals surface area contributed by atoms with Crippen molar-refractivity contribution in [1.29, 1.82) is 0 Å². The second kappa shape index (κ2) is 6.23. The molecule has 0 spiro atoms. The number of benzene rings is 1. The highest BCUT2D eigenvalue weighted by atomic mass is 19.3. The van der Waals surface area contributed by atoms with Gasteiger partial charge in [-0.2, -0.15) is 8.78 Å². The van der Waals surface area contributed by atoms with E-state index < -0.39 is 46.7 Å². The minimum absolute atomic E-state index is 0.0960. The van der Waals surface area contributed by atoms with E-state index >= 15 is 0 Å². The molecule has 0 fully saturated rings. The number of halogens is 4. The summed E-state index contributed by atoms with van der Waals surface area (Å²) >= 11 is 0. The molecule has 1 aromatic carbocycles. The van der Waals surface area contributed by atoms with Crippen molar-refractivity contribution in [2.45, 2.75) is 25.9 Å². The van der Waals surface area contributed by atoms with Gasteiger partial charge in [-0.3, -0.25) is 9.69 Å². The average Bonchev–Trinajstić information content (AvgIpc) is 2.99. The maximum atomic E-state index is 14.0. The zero-order valence-corrected chi connectivity index (χ0v) is 12.7. The lowest BCUT2D eigenvalue weighted by molar-refractivity contribution is 0.0695. The number of carboxylic acids is 1. The van der Waals surface area contributed by atoms with Crippen molar-refractivity contribution in [3.63, 3.8) is 0 Å². The Morgan fingerprint density at radius 1 is 1.20 bits per heavy atom. The predicted molar refractivity (Wildman–Crippen MR) is 80.5 cm³/mol. The zero-order chi connectivity index (χ0) is 18.3. The molecular weight excluding hydrogens is 344 g/mol. The van der Waals surface area contributed by atoms with Gasteiger partial charge in [-0.1, -0.05) is 0 Å². The fourth-order valence-electron chi connectivity index (χ4n) is 3.03. The number of fused-ring (bicyclic) bond motifs is 1. The molecule has 0 atom stereocenters. The summed E-state index contributed by atoms with van der Waals surface area (Å²) in [7, 11) is 0. The van der Waals surface area contributed by atoms with E-state index in [4.69, 9.17) is 0 Å². The van der Waals surface area contributed by atoms with Crippen LogP contribution >= 0.6 is 0 Å². The Morgan fingerprint density at radius 3 is 2.52 bits per heavy atom. The minimum atomic E-state index is -3.35. The number of rotatable bonds is 4. The van der Waals surface area contributed by atoms with E-state index in [-0.39, 0.29) is 23.6 Å². The largest absolute Gasteiger partial charge is 0.478 e. The molecule has 0 radical (unpaired) electrons. The van der Waals surface area contributed by atoms with Crippen molar-refractivity contribution in [3.05, 3.63) is 57.5 Å². The third-order valence-electron chi connectivity index (χ3n) is 4.03. The summed E-state index contributed by atoms with van der Waals surface area (Å²) in [5.41, 5.74) is -2.36. The highest BCUT2D eigenvalue weighted by molar-refractivity contribution is 5.97. The van der Waals surface area contributed by atoms with Gasteiger partial charge < -0.3 is 9.67 Å². The lowest BCUT2D eigenvalue weighted by Crippen LogP contribution is -2.31. The van der Waals surface area contributed by atoms with E-state index in [2.05, 4.69) is 0 Å². The first kappa shape index (κ1) is 17.0. The van der Waals surface area contributed by atoms with E-state index in [1.807, 2.05) is 0 Å². The lowest BCUT2D eigenvalue weighted by Gasteiger charge is -2.26. The zero-order valence-electron chi connectivity index (χ0n) is 12.7. The third-order valence-corrected chi connectivity index (χ3v) is 4.03. The molecular formula is C16H12F4N2O3. The Bertz CT molecular complexity index is 911. The van der Waals surface area contributed by atoms with Crippen molar-refractivity contribution in [1.82, 2.24) is 4.57 Å². The molecule has 25 heavy (non-hydrogen) atoms. The van der Waals surface area contributed by atoms with Gasteiger partial charge in [0, 0.05) is 24.4 Å². The van der Waals surface area contributed by atoms with Crippen LogP contribution in [-0.2, 0) is 13.0 Å². The molecule has 2 aromatic rings. The number of pyridine rings is 1. The Hall–Kier alpha value is -2.84. The van der Waals surface area contributed by atoms with E-state index in [9.17, 15) is 32.3 Å². The number of aromatic nitrogens is 1. The summed E-state index contributed by atoms with van der Waals surface area (Å²) in [5.74, 6) is -3.77. The first-order valence-corrected chi connectivity index (χ1v) is 7.33. The van der Waals surface area contributed by atoms with Crippen LogP contribution < -0.4 is 10.5 Å². The fraction of sp³-hybridized carbons (Fsp3) is 0.250. The van der Waals surface area contributed by atoms with Crippen LogP contribution in [0.4, 0.5) is 28.9 Å². The summed E-state index contributed by atoms with van der Waals surface area (Å²) in [6, 6.07) is 2.69. The molecule has 0 amide bonds. The van der Waals surface area contributed by atoms with Crippen molar-refractivity contribution in [3.8, 4) is 0 Å². The van der Waals surface area contributed by atoms with Crippen LogP contribution in [0.1, 0.15) is 22.5 Å². The highest BCUT2D eigenvalue weighted by Crippen LogP contribution is 2.35. The molecule has 2 heterocycles. The van der Waals surface area contributed by atoms with Gasteiger partial charge in [0.1, 0.15) is 17.2 Å². The number of alkyl halides is 2. The van der Waals surface area contributed by atoms with Gasteiger partial charge in [-0.25, -0.2) is 13.6 Å². The van der Waals surface area contributed by atoms with Crippen molar-refractivity contribution in [2.75, 3.05) is 4.90 Å². The smallest absolute Gasteiger partial charge is 0.339 e. The van der Waals surface area contributed by atoms with Gasteiger partial charge in [-0.15, -0.1) is 0 Å². The summed E-state index contributed by atoms with van der Waals surface area (Å²) in [4.78, 5) is 23.9. The molecule has 0 aliphatic carbocycles. The average molecular weight is 356 g/mol. The minimum Gasteiger partial charge on any atom is -0.478 e. The predicted octanol–water partition coefficient (Wildman–Crippen LogP) is 3.13. The molecule has 0 unspecified atom stereocenters. The maximum absolute atomic E-state index is 14.0. The lowest BCUT2D eigenvalue weighted by atomic mass is 10.1. The summed E-state index contributed by atoms with van der Waals surface area (Å²) in [6.45, 7) is -3.06. The summed E-state index contributed by atoms with van der Waals surface area (Å²) in [6.07, 6.45) is 0.728. The van der Waals surface area contributed by atoms with Crippen LogP contribution in [0.3, 0.4) is 0 Å². The molecule has 9 heteroatoms. The van der Waals surface area contributed by atoms with Crippen LogP contribution in [-0.4, -0.2) is 22.2 Å². The van der Waals surface area contributed by atoms with Crippen molar-refractivity contribution < 1.29 is 27.5 Å². The monoisotopic (exact) mass is 356 g/mol. The molecule has 0 bridgehead atoms. The third kappa shape index (κ3) is 2.86. The fourth-order valence-corrected chi connectivity index (χ4v) is 3.03. The van der Waals surface area contributed by atoms with Crippen LogP contribution in [0.5, 0.6) is 0 Å². The van der Waals surface area contributed by atoms with Crippen LogP contribution in [0, 0.1) is 11.6 Å². The van der Waals surface area contributed by atoms with Gasteiger partial charge in [0.05, 0.1) is 11.4 Å². The second-order valence-corrected chi connectivity index (χ2v) is 5.49. The molecule has 1 N–H and O–H groups in total. The molecule has 132 valence electrons. The quantitative estimate of drug-likeness (QED) is 0.675. The van der Waals surface area contributed by atoms with Crippen LogP contribution in [0.25, 0.3) is 0 Å². The molecule has 1 aromatic heterocycles. The number of nitrogens with zero attached hydrogens (tertiary/aromatic N) is 2. The SMILES string of the molecule is O=C(O)c1c(N(c2ccc(F)cc2F)C(F)F)cc(=O)n2c1CCC2. The molecule has 0 saturated carbocycles. The molecule has 1 aliphatic heterocycles. The van der Waals surface area contributed by atoms with Crippen molar-refractivity contribution in [2.24, 2.45) is 0 Å². The standard InChI is InChI=1S/C16H12F4N2O3/c17-8-3-4-10(9(18)6-8)22(16(19)20)12-7-13(23)21-5-1-2-11(21)14(12)15(24)25/h3-4,6-7,16H,1-2,5H2,(H,24,25). The number of hydrogen-bond donors (Lipinski definition) is 1. The summed E-state index contributed by atoms with van der Waals surface area (Å²) < 4.78 is 55.6. The number of anilines is 2. The topological polar surface area (TPSA) is 62.5 Å². The molecule has 0 saturated heterocycles. The van der Waals surface area contributed by atoms with E-state index in [1.54, 1.807) is 0 Å². The number of hydrogen-bond acceptors (Lipinski definition) is 3. The molecule has 1 aliphatic rings. The first-order valence-electron chi connectivity index (χ1n) is 7.33. The Kier molecular flexibility index (Phi) is 4.23. The van der Waals surface area contributed by atoms with Crippen LogP contribution in [0.2, 0.25) is 0 Å². The number of carbonyl (C=O) groups is 1. The van der Waals surface area contributed by atoms with Gasteiger partial charge in [-0.05, 0) is 25.0 Å². The van der Waals surface area contributed by atoms with Gasteiger partial charge in [0.25, 0.3) is 5.56 Å². The van der Waals surface area contributed by atoms with Gasteiger partial charge >= 0.3 is 12.5 Å². The van der Waals surface area contributed by atoms with Gasteiger partial charge in [0.2, 0.25) is 0 Å². The first-order chi connectivity index (χ1) is 11.8. The van der Waals surface area contributed by atoms with Gasteiger partial charge in [0.15, 0.2) is 0 Å². The maximum Gasteiger partial charge on any atom is 0.339 e. The second-order valence-electron chi connectivity index (χ2n) is 5.49. The normalized spacial score (nSPS) is 13.2. The Balaban J connectivity index is 2.29. The molecule has 5 nitrogen and oxygen atoms in total. The summed E-state index contributed by atoms with van der Waals surface area (Å²) in [5, 5.41) is 9.47. The van der Waals surface area contributed by atoms with E-state index in [0.717, 1.165) is 18.2 Å². The Labute approximate surface area is 138 Å². The molecule has 3 rings (SSSR count). The van der Waals surface area contributed by atoms with E-state index in [1.165, 1.54) is 4.57 Å². The Morgan fingerprint density at radius 2 is 1.92 bits per heavy atom. The van der Waals surface area contributed by atoms with Crippen LogP contribution in [0.15, 0.2) is 29.1 Å². The van der Waals surface area contributed by atoms with Crippen molar-refractivity contribution >= 4 is 17.3 Å². The highest BCUT2D eigenvalue weighted by Gasteiger charge is 2.32.